The van der Waals surface area contributed by atoms with Crippen LogP contribution in [0, 0.1) is 18.8 Å². The van der Waals surface area contributed by atoms with Crippen molar-refractivity contribution in [3.8, 4) is 5.75 Å². The fourth-order valence-electron chi connectivity index (χ4n) is 4.43. The van der Waals surface area contributed by atoms with Crippen LogP contribution in [-0.2, 0) is 26.2 Å². The Hall–Kier alpha value is -2.87. The van der Waals surface area contributed by atoms with Gasteiger partial charge in [-0.05, 0) is 49.6 Å². The Bertz CT molecular complexity index is 1090. The molecule has 0 aromatic heterocycles. The molecule has 2 aromatic carbocycles. The molecule has 7 nitrogen and oxygen atoms in total. The molecule has 1 aliphatic carbocycles. The van der Waals surface area contributed by atoms with Crippen LogP contribution in [0.15, 0.2) is 47.4 Å². The minimum absolute atomic E-state index is 0.0374. The molecule has 1 heterocycles. The number of sulfonamides is 1. The molecule has 1 saturated heterocycles. The molecule has 0 spiro atoms. The van der Waals surface area contributed by atoms with Gasteiger partial charge in [0.05, 0.1) is 25.5 Å². The maximum Gasteiger partial charge on any atom is 0.265 e. The summed E-state index contributed by atoms with van der Waals surface area (Å²) in [5, 5.41) is 0. The Morgan fingerprint density at radius 3 is 2.19 bits per heavy atom. The number of hydrogen-bond donors (Lipinski definition) is 1. The van der Waals surface area contributed by atoms with E-state index in [4.69, 9.17) is 4.74 Å². The van der Waals surface area contributed by atoms with Crippen LogP contribution < -0.4 is 9.46 Å². The second-order valence-corrected chi connectivity index (χ2v) is 9.87. The normalized spacial score (nSPS) is 21.2. The maximum atomic E-state index is 13.1. The first kappa shape index (κ1) is 21.4. The summed E-state index contributed by atoms with van der Waals surface area (Å²) in [6.07, 6.45) is 3.41. The Kier molecular flexibility index (Phi) is 5.75. The van der Waals surface area contributed by atoms with E-state index in [0.29, 0.717) is 11.3 Å². The fraction of sp³-hybridized carbons (Fsp3) is 0.391. The zero-order valence-corrected chi connectivity index (χ0v) is 18.4. The highest BCUT2D eigenvalue weighted by molar-refractivity contribution is 7.92. The van der Waals surface area contributed by atoms with Gasteiger partial charge in [0.2, 0.25) is 11.8 Å². The third-order valence-corrected chi connectivity index (χ3v) is 7.50. The van der Waals surface area contributed by atoms with E-state index in [-0.39, 0.29) is 40.8 Å². The minimum Gasteiger partial charge on any atom is -0.495 e. The third-order valence-electron chi connectivity index (χ3n) is 6.09. The Labute approximate surface area is 182 Å². The third kappa shape index (κ3) is 4.17. The highest BCUT2D eigenvalue weighted by Crippen LogP contribution is 2.39. The molecule has 1 saturated carbocycles. The topological polar surface area (TPSA) is 92.8 Å². The van der Waals surface area contributed by atoms with E-state index >= 15 is 0 Å². The molecule has 0 bridgehead atoms. The summed E-state index contributed by atoms with van der Waals surface area (Å²) in [5.74, 6) is -0.562. The summed E-state index contributed by atoms with van der Waals surface area (Å²) in [4.78, 5) is 26.8. The monoisotopic (exact) mass is 442 g/mol. The van der Waals surface area contributed by atoms with E-state index in [0.717, 1.165) is 31.2 Å². The first-order valence-electron chi connectivity index (χ1n) is 10.4. The number of imide groups is 1. The van der Waals surface area contributed by atoms with Gasteiger partial charge in [-0.2, -0.15) is 0 Å². The number of carbonyl (C=O) groups excluding carboxylic acids is 2. The molecule has 0 radical (unpaired) electrons. The molecule has 2 fully saturated rings. The second kappa shape index (κ2) is 8.34. The molecule has 2 aromatic rings. The lowest BCUT2D eigenvalue weighted by atomic mass is 9.81. The van der Waals surface area contributed by atoms with E-state index in [1.807, 2.05) is 19.1 Å². The van der Waals surface area contributed by atoms with Crippen molar-refractivity contribution in [1.82, 2.24) is 4.90 Å². The molecule has 1 aliphatic heterocycles. The standard InChI is InChI=1S/C23H26N2O5S/c1-15-7-10-17(11-8-15)24-31(28,29)21-13-16(9-12-20(21)30-2)14-25-22(26)18-5-3-4-6-19(18)23(25)27/h7-13,18-19,24H,3-6,14H2,1-2H3/t18-,19-/m1/s1. The summed E-state index contributed by atoms with van der Waals surface area (Å²) in [7, 11) is -2.54. The summed E-state index contributed by atoms with van der Waals surface area (Å²) in [6, 6.07) is 11.7. The second-order valence-electron chi connectivity index (χ2n) is 8.22. The van der Waals surface area contributed by atoms with Crippen LogP contribution in [0.25, 0.3) is 0 Å². The smallest absolute Gasteiger partial charge is 0.265 e. The van der Waals surface area contributed by atoms with Gasteiger partial charge in [0.25, 0.3) is 10.0 Å². The van der Waals surface area contributed by atoms with Crippen LogP contribution in [0.1, 0.15) is 36.8 Å². The number of ether oxygens (including phenoxy) is 1. The number of aryl methyl sites for hydroxylation is 1. The number of anilines is 1. The van der Waals surface area contributed by atoms with E-state index in [9.17, 15) is 18.0 Å². The number of hydrogen-bond acceptors (Lipinski definition) is 5. The van der Waals surface area contributed by atoms with Crippen LogP contribution in [-0.4, -0.2) is 32.2 Å². The van der Waals surface area contributed by atoms with Gasteiger partial charge in [0, 0.05) is 5.69 Å². The van der Waals surface area contributed by atoms with E-state index in [1.54, 1.807) is 24.3 Å². The number of rotatable bonds is 6. The van der Waals surface area contributed by atoms with Gasteiger partial charge in [0.1, 0.15) is 10.6 Å². The molecule has 8 heteroatoms. The number of nitrogens with one attached hydrogen (secondary N) is 1. The maximum absolute atomic E-state index is 13.1. The average Bonchev–Trinajstić information content (AvgIpc) is 3.00. The first-order chi connectivity index (χ1) is 14.8. The lowest BCUT2D eigenvalue weighted by Gasteiger charge is -2.19. The molecule has 2 atom stereocenters. The van der Waals surface area contributed by atoms with Gasteiger partial charge < -0.3 is 4.74 Å². The van der Waals surface area contributed by atoms with Gasteiger partial charge >= 0.3 is 0 Å². The van der Waals surface area contributed by atoms with Crippen molar-refractivity contribution in [2.75, 3.05) is 11.8 Å². The lowest BCUT2D eigenvalue weighted by molar-refractivity contribution is -0.140. The van der Waals surface area contributed by atoms with Gasteiger partial charge in [-0.3, -0.25) is 19.2 Å². The zero-order chi connectivity index (χ0) is 22.2. The average molecular weight is 443 g/mol. The fourth-order valence-corrected chi connectivity index (χ4v) is 5.71. The van der Waals surface area contributed by atoms with Crippen molar-refractivity contribution in [3.05, 3.63) is 53.6 Å². The van der Waals surface area contributed by atoms with Crippen molar-refractivity contribution in [2.24, 2.45) is 11.8 Å². The predicted molar refractivity (Wildman–Crippen MR) is 116 cm³/mol. The van der Waals surface area contributed by atoms with Crippen LogP contribution >= 0.6 is 0 Å². The largest absolute Gasteiger partial charge is 0.495 e. The molecular weight excluding hydrogens is 416 g/mol. The summed E-state index contributed by atoms with van der Waals surface area (Å²) >= 11 is 0. The molecule has 1 N–H and O–H groups in total. The van der Waals surface area contributed by atoms with Crippen molar-refractivity contribution >= 4 is 27.5 Å². The zero-order valence-electron chi connectivity index (χ0n) is 17.6. The van der Waals surface area contributed by atoms with Crippen molar-refractivity contribution in [3.63, 3.8) is 0 Å². The molecule has 0 unspecified atom stereocenters. The number of fused-ring (bicyclic) bond motifs is 1. The highest BCUT2D eigenvalue weighted by atomic mass is 32.2. The van der Waals surface area contributed by atoms with Gasteiger partial charge in [0.15, 0.2) is 0 Å². The molecule has 2 aliphatic rings. The number of amides is 2. The molecule has 31 heavy (non-hydrogen) atoms. The number of benzene rings is 2. The van der Waals surface area contributed by atoms with Crippen LogP contribution in [0.2, 0.25) is 0 Å². The van der Waals surface area contributed by atoms with Crippen molar-refractivity contribution < 1.29 is 22.7 Å². The number of methoxy groups -OCH3 is 1. The van der Waals surface area contributed by atoms with Crippen LogP contribution in [0.5, 0.6) is 5.75 Å². The predicted octanol–water partition coefficient (Wildman–Crippen LogP) is 3.48. The SMILES string of the molecule is COc1ccc(CN2C(=O)[C@@H]3CCCC[C@H]3C2=O)cc1S(=O)(=O)Nc1ccc(C)cc1. The van der Waals surface area contributed by atoms with Crippen LogP contribution in [0.3, 0.4) is 0 Å². The van der Waals surface area contributed by atoms with Gasteiger partial charge in [-0.25, -0.2) is 8.42 Å². The molecule has 4 rings (SSSR count). The first-order valence-corrected chi connectivity index (χ1v) is 11.9. The Balaban J connectivity index is 1.61. The van der Waals surface area contributed by atoms with Gasteiger partial charge in [-0.15, -0.1) is 0 Å². The molecule has 2 amide bonds. The number of carbonyl (C=O) groups is 2. The summed E-state index contributed by atoms with van der Waals surface area (Å²) < 4.78 is 33.9. The van der Waals surface area contributed by atoms with E-state index in [1.165, 1.54) is 18.1 Å². The van der Waals surface area contributed by atoms with Crippen molar-refractivity contribution in [2.45, 2.75) is 44.0 Å². The van der Waals surface area contributed by atoms with Crippen LogP contribution in [0.4, 0.5) is 5.69 Å². The quantitative estimate of drug-likeness (QED) is 0.692. The number of likely N-dealkylation sites (tertiary alicyclic amines) is 1. The Morgan fingerprint density at radius 2 is 1.61 bits per heavy atom. The van der Waals surface area contributed by atoms with E-state index in [2.05, 4.69) is 4.72 Å². The summed E-state index contributed by atoms with van der Waals surface area (Å²) in [5.41, 5.74) is 2.01. The lowest BCUT2D eigenvalue weighted by Crippen LogP contribution is -2.30. The molecular formula is C23H26N2O5S. The Morgan fingerprint density at radius 1 is 1.00 bits per heavy atom. The highest BCUT2D eigenvalue weighted by Gasteiger charge is 2.47. The summed E-state index contributed by atoms with van der Waals surface area (Å²) in [6.45, 7) is 1.98. The molecule has 164 valence electrons. The minimum atomic E-state index is -3.94. The van der Waals surface area contributed by atoms with E-state index < -0.39 is 10.0 Å². The van der Waals surface area contributed by atoms with Crippen molar-refractivity contribution in [1.29, 1.82) is 0 Å². The number of nitrogens with zero attached hydrogens (tertiary/aromatic N) is 1. The van der Waals surface area contributed by atoms with Gasteiger partial charge in [-0.1, -0.05) is 36.6 Å².